The third kappa shape index (κ3) is 2.65. The van der Waals surface area contributed by atoms with E-state index in [1.54, 1.807) is 0 Å². The van der Waals surface area contributed by atoms with Crippen LogP contribution in [0.3, 0.4) is 0 Å². The zero-order valence-corrected chi connectivity index (χ0v) is 18.8. The molecule has 2 aliphatic rings. The number of carbonyl (C=O) groups excluding carboxylic acids is 1. The standard InChI is InChI=1S/C22H16N2O2Se2/c1-23-15-7-3-5-9-17(15)27-19(23)11-13-21(25)14(22(13)26)12-20-24(2)16-8-4-6-10-18(16)28-20/h3-12H,1-2H3/p+1. The van der Waals surface area contributed by atoms with Gasteiger partial charge >= 0.3 is 175 Å². The van der Waals surface area contributed by atoms with Crippen molar-refractivity contribution < 1.29 is 14.5 Å². The van der Waals surface area contributed by atoms with Crippen molar-refractivity contribution in [1.29, 1.82) is 0 Å². The number of nitrogens with zero attached hydrogens (tertiary/aromatic N) is 2. The van der Waals surface area contributed by atoms with Crippen LogP contribution in [-0.4, -0.2) is 47.4 Å². The van der Waals surface area contributed by atoms with Crippen molar-refractivity contribution in [2.45, 2.75) is 0 Å². The minimum atomic E-state index is -0.0715. The monoisotopic (exact) mass is 501 g/mol. The molecule has 0 bridgehead atoms. The first kappa shape index (κ1) is 17.7. The summed E-state index contributed by atoms with van der Waals surface area (Å²) in [6, 6.07) is 16.6. The average Bonchev–Trinajstić information content (AvgIpc) is 3.21. The van der Waals surface area contributed by atoms with Gasteiger partial charge in [0.1, 0.15) is 0 Å². The average molecular weight is 499 g/mol. The number of carbonyl (C=O) groups is 1. The maximum absolute atomic E-state index is 12.7. The molecule has 1 aromatic heterocycles. The molecule has 0 radical (unpaired) electrons. The first-order valence-corrected chi connectivity index (χ1v) is 12.3. The van der Waals surface area contributed by atoms with E-state index in [1.807, 2.05) is 50.5 Å². The second-order valence-corrected chi connectivity index (χ2v) is 11.2. The number of Topliss-reactive ketones (excluding diaryl/α,β-unsaturated/α-hetero) is 1. The van der Waals surface area contributed by atoms with Crippen LogP contribution in [0.5, 0.6) is 0 Å². The Morgan fingerprint density at radius 1 is 1.07 bits per heavy atom. The van der Waals surface area contributed by atoms with Gasteiger partial charge in [-0.15, -0.1) is 0 Å². The summed E-state index contributed by atoms with van der Waals surface area (Å²) in [5.41, 5.74) is 3.21. The van der Waals surface area contributed by atoms with E-state index in [-0.39, 0.29) is 41.0 Å². The third-order valence-electron chi connectivity index (χ3n) is 5.08. The third-order valence-corrected chi connectivity index (χ3v) is 9.97. The molecule has 6 heteroatoms. The summed E-state index contributed by atoms with van der Waals surface area (Å²) in [7, 11) is 4.03. The van der Waals surface area contributed by atoms with E-state index >= 15 is 0 Å². The van der Waals surface area contributed by atoms with Gasteiger partial charge in [0, 0.05) is 0 Å². The number of allylic oxidation sites excluding steroid dienone is 3. The van der Waals surface area contributed by atoms with E-state index in [0.717, 1.165) is 9.16 Å². The minimum absolute atomic E-state index is 0.0715. The SMILES string of the molecule is CN1C(=CC2=C(O)C(=Cc3[se]c4ccccc4[n+]3C)C2=O)[Se]c2ccccc21. The van der Waals surface area contributed by atoms with Gasteiger partial charge in [-0.05, 0) is 0 Å². The Bertz CT molecular complexity index is 1250. The zero-order chi connectivity index (χ0) is 19.4. The maximum atomic E-state index is 12.7. The predicted molar refractivity (Wildman–Crippen MR) is 113 cm³/mol. The molecule has 1 aliphatic heterocycles. The van der Waals surface area contributed by atoms with E-state index < -0.39 is 0 Å². The van der Waals surface area contributed by atoms with Crippen molar-refractivity contribution in [3.63, 3.8) is 0 Å². The predicted octanol–water partition coefficient (Wildman–Crippen LogP) is 1.82. The normalized spacial score (nSPS) is 19.1. The molecule has 0 unspecified atom stereocenters. The first-order valence-electron chi connectivity index (χ1n) is 8.84. The number of anilines is 1. The molecule has 2 heterocycles. The molecule has 0 spiro atoms. The van der Waals surface area contributed by atoms with Crippen molar-refractivity contribution in [3.8, 4) is 0 Å². The van der Waals surface area contributed by atoms with Crippen LogP contribution in [0.25, 0.3) is 15.9 Å². The Labute approximate surface area is 175 Å². The fourth-order valence-electron chi connectivity index (χ4n) is 3.45. The number of aliphatic hydroxyl groups is 1. The molecule has 0 amide bonds. The molecule has 0 atom stereocenters. The number of aryl methyl sites for hydroxylation is 1. The number of rotatable bonds is 2. The van der Waals surface area contributed by atoms with Gasteiger partial charge in [-0.25, -0.2) is 0 Å². The van der Waals surface area contributed by atoms with Crippen LogP contribution < -0.4 is 13.9 Å². The molecule has 0 saturated carbocycles. The Hall–Kier alpha value is -2.36. The Kier molecular flexibility index (Phi) is 4.18. The number of benzene rings is 2. The van der Waals surface area contributed by atoms with Crippen molar-refractivity contribution in [1.82, 2.24) is 0 Å². The molecule has 28 heavy (non-hydrogen) atoms. The number of fused-ring (bicyclic) bond motifs is 2. The van der Waals surface area contributed by atoms with Gasteiger partial charge in [-0.1, -0.05) is 0 Å². The number of hydrogen-bond donors (Lipinski definition) is 1. The summed E-state index contributed by atoms with van der Waals surface area (Å²) < 4.78 is 6.89. The molecule has 0 saturated heterocycles. The first-order chi connectivity index (χ1) is 13.5. The molecular weight excluding hydrogens is 482 g/mol. The molecule has 1 aliphatic carbocycles. The number of para-hydroxylation sites is 2. The molecule has 1 N–H and O–H groups in total. The van der Waals surface area contributed by atoms with Gasteiger partial charge in [0.15, 0.2) is 0 Å². The van der Waals surface area contributed by atoms with Crippen LogP contribution in [0.1, 0.15) is 4.57 Å². The van der Waals surface area contributed by atoms with Gasteiger partial charge in [0.05, 0.1) is 0 Å². The molecule has 138 valence electrons. The van der Waals surface area contributed by atoms with Crippen molar-refractivity contribution in [2.24, 2.45) is 7.05 Å². The molecular formula is C22H17N2O2Se2+. The summed E-state index contributed by atoms with van der Waals surface area (Å²) in [4.78, 5) is 14.9. The van der Waals surface area contributed by atoms with Gasteiger partial charge in [-0.2, -0.15) is 0 Å². The summed E-state index contributed by atoms with van der Waals surface area (Å²) in [6.07, 6.45) is 3.72. The van der Waals surface area contributed by atoms with Crippen molar-refractivity contribution >= 4 is 61.2 Å². The van der Waals surface area contributed by atoms with E-state index in [2.05, 4.69) is 33.7 Å². The van der Waals surface area contributed by atoms with E-state index in [4.69, 9.17) is 0 Å². The summed E-state index contributed by atoms with van der Waals surface area (Å²) >= 11 is 0.285. The number of ketones is 1. The van der Waals surface area contributed by atoms with Gasteiger partial charge in [0.25, 0.3) is 0 Å². The van der Waals surface area contributed by atoms with Crippen LogP contribution in [0.4, 0.5) is 5.69 Å². The van der Waals surface area contributed by atoms with E-state index in [0.29, 0.717) is 11.1 Å². The molecule has 4 nitrogen and oxygen atoms in total. The summed E-state index contributed by atoms with van der Waals surface area (Å²) in [5.74, 6) is 0.0446. The second kappa shape index (κ2) is 6.61. The van der Waals surface area contributed by atoms with Crippen LogP contribution >= 0.6 is 0 Å². The van der Waals surface area contributed by atoms with Gasteiger partial charge < -0.3 is 0 Å². The zero-order valence-electron chi connectivity index (χ0n) is 15.3. The van der Waals surface area contributed by atoms with Crippen LogP contribution in [0.15, 0.2) is 76.1 Å². The summed E-state index contributed by atoms with van der Waals surface area (Å²) in [6.45, 7) is 0. The Morgan fingerprint density at radius 2 is 1.82 bits per heavy atom. The fourth-order valence-corrected chi connectivity index (χ4v) is 8.04. The van der Waals surface area contributed by atoms with Crippen molar-refractivity contribution in [2.75, 3.05) is 11.9 Å². The molecule has 5 rings (SSSR count). The Morgan fingerprint density at radius 3 is 2.57 bits per heavy atom. The number of aromatic nitrogens is 1. The van der Waals surface area contributed by atoms with Gasteiger partial charge in [-0.3, -0.25) is 0 Å². The van der Waals surface area contributed by atoms with Crippen LogP contribution in [0, 0.1) is 0 Å². The quantitative estimate of drug-likeness (QED) is 0.333. The second-order valence-electron chi connectivity index (χ2n) is 6.73. The van der Waals surface area contributed by atoms with Crippen molar-refractivity contribution in [3.05, 3.63) is 80.7 Å². The molecule has 2 aromatic carbocycles. The fraction of sp³-hybridized carbons (Fsp3) is 0.0909. The topological polar surface area (TPSA) is 44.4 Å². The van der Waals surface area contributed by atoms with Crippen LogP contribution in [-0.2, 0) is 11.8 Å². The number of hydrogen-bond acceptors (Lipinski definition) is 3. The van der Waals surface area contributed by atoms with Crippen LogP contribution in [0.2, 0.25) is 0 Å². The van der Waals surface area contributed by atoms with Gasteiger partial charge in [0.2, 0.25) is 0 Å². The van der Waals surface area contributed by atoms with E-state index in [9.17, 15) is 9.90 Å². The Balaban J connectivity index is 1.50. The van der Waals surface area contributed by atoms with E-state index in [1.165, 1.54) is 19.9 Å². The molecule has 3 aromatic rings. The molecule has 0 fully saturated rings. The number of aliphatic hydroxyl groups excluding tert-OH is 1. The summed E-state index contributed by atoms with van der Waals surface area (Å²) in [5, 5.41) is 10.6.